The van der Waals surface area contributed by atoms with Crippen molar-refractivity contribution >= 4 is 11.4 Å². The van der Waals surface area contributed by atoms with Gasteiger partial charge in [0.05, 0.1) is 16.8 Å². The number of nitrogens with zero attached hydrogens (tertiary/aromatic N) is 5. The Morgan fingerprint density at radius 2 is 2.04 bits per heavy atom. The minimum atomic E-state index is 0.0352. The number of fused-ring (bicyclic) bond motifs is 1. The summed E-state index contributed by atoms with van der Waals surface area (Å²) in [6.45, 7) is 1.58. The van der Waals surface area contributed by atoms with Gasteiger partial charge < -0.3 is 9.30 Å². The third-order valence-electron chi connectivity index (χ3n) is 4.96. The number of carbonyl (C=O) groups is 1. The Bertz CT molecular complexity index is 860. The molecule has 1 atom stereocenters. The lowest BCUT2D eigenvalue weighted by molar-refractivity contribution is 0.0759. The van der Waals surface area contributed by atoms with Crippen molar-refractivity contribution in [2.75, 3.05) is 13.1 Å². The van der Waals surface area contributed by atoms with E-state index < -0.39 is 0 Å². The molecule has 1 saturated heterocycles. The van der Waals surface area contributed by atoms with Crippen LogP contribution in [0.2, 0.25) is 0 Å². The molecule has 4 heterocycles. The zero-order valence-electron chi connectivity index (χ0n) is 14.1. The summed E-state index contributed by atoms with van der Waals surface area (Å²) in [7, 11) is 0. The lowest BCUT2D eigenvalue weighted by Crippen LogP contribution is -2.32. The predicted molar refractivity (Wildman–Crippen MR) is 94.2 cm³/mol. The van der Waals surface area contributed by atoms with E-state index in [-0.39, 0.29) is 5.91 Å². The Morgan fingerprint density at radius 1 is 1.16 bits per heavy atom. The van der Waals surface area contributed by atoms with Gasteiger partial charge in [-0.25, -0.2) is 9.97 Å². The maximum Gasteiger partial charge on any atom is 0.256 e. The SMILES string of the molecule is O=C(c1cncnc1)N1CCCC(Cc2nccn3cccc23)CC1. The summed E-state index contributed by atoms with van der Waals surface area (Å²) in [5, 5.41) is 0. The molecule has 128 valence electrons. The maximum atomic E-state index is 12.6. The molecule has 3 aromatic heterocycles. The standard InChI is InChI=1S/C19H21N5O/c25-19(16-12-20-14-21-13-16)24-8-1-3-15(5-9-24)11-17-18-4-2-7-23(18)10-6-22-17/h2,4,6-7,10,12-15H,1,3,5,8-9,11H2. The van der Waals surface area contributed by atoms with Gasteiger partial charge in [-0.15, -0.1) is 0 Å². The van der Waals surface area contributed by atoms with Gasteiger partial charge >= 0.3 is 0 Å². The Hall–Kier alpha value is -2.76. The second kappa shape index (κ2) is 7.01. The number of aromatic nitrogens is 4. The van der Waals surface area contributed by atoms with Crippen LogP contribution in [0.5, 0.6) is 0 Å². The summed E-state index contributed by atoms with van der Waals surface area (Å²) < 4.78 is 2.12. The summed E-state index contributed by atoms with van der Waals surface area (Å²) >= 11 is 0. The van der Waals surface area contributed by atoms with Crippen molar-refractivity contribution in [1.82, 2.24) is 24.3 Å². The molecule has 0 radical (unpaired) electrons. The van der Waals surface area contributed by atoms with Gasteiger partial charge in [0.25, 0.3) is 5.91 Å². The van der Waals surface area contributed by atoms with Crippen LogP contribution in [0.4, 0.5) is 0 Å². The Balaban J connectivity index is 1.43. The second-order valence-electron chi connectivity index (χ2n) is 6.60. The number of rotatable bonds is 3. The second-order valence-corrected chi connectivity index (χ2v) is 6.60. The highest BCUT2D eigenvalue weighted by Gasteiger charge is 2.22. The average Bonchev–Trinajstić information content (AvgIpc) is 3.02. The van der Waals surface area contributed by atoms with Crippen molar-refractivity contribution in [3.05, 3.63) is 60.7 Å². The molecule has 0 aromatic carbocycles. The Morgan fingerprint density at radius 3 is 2.92 bits per heavy atom. The van der Waals surface area contributed by atoms with Crippen molar-refractivity contribution in [2.24, 2.45) is 5.92 Å². The van der Waals surface area contributed by atoms with E-state index in [0.29, 0.717) is 11.5 Å². The minimum absolute atomic E-state index is 0.0352. The first-order chi connectivity index (χ1) is 12.3. The van der Waals surface area contributed by atoms with Crippen LogP contribution in [-0.4, -0.2) is 43.2 Å². The third kappa shape index (κ3) is 3.38. The molecule has 1 aliphatic rings. The number of hydrogen-bond acceptors (Lipinski definition) is 4. The van der Waals surface area contributed by atoms with Crippen LogP contribution >= 0.6 is 0 Å². The van der Waals surface area contributed by atoms with Crippen molar-refractivity contribution in [1.29, 1.82) is 0 Å². The quantitative estimate of drug-likeness (QED) is 0.738. The molecule has 0 N–H and O–H groups in total. The van der Waals surface area contributed by atoms with E-state index in [1.807, 2.05) is 17.3 Å². The first-order valence-corrected chi connectivity index (χ1v) is 8.76. The predicted octanol–water partition coefficient (Wildman–Crippen LogP) is 2.61. The zero-order valence-corrected chi connectivity index (χ0v) is 14.1. The van der Waals surface area contributed by atoms with Gasteiger partial charge in [0.1, 0.15) is 6.33 Å². The van der Waals surface area contributed by atoms with Crippen molar-refractivity contribution in [3.63, 3.8) is 0 Å². The molecule has 0 spiro atoms. The van der Waals surface area contributed by atoms with E-state index in [1.54, 1.807) is 12.4 Å². The highest BCUT2D eigenvalue weighted by atomic mass is 16.2. The lowest BCUT2D eigenvalue weighted by atomic mass is 9.95. The largest absolute Gasteiger partial charge is 0.339 e. The van der Waals surface area contributed by atoms with E-state index in [1.165, 1.54) is 11.8 Å². The van der Waals surface area contributed by atoms with Gasteiger partial charge in [0.15, 0.2) is 0 Å². The highest BCUT2D eigenvalue weighted by Crippen LogP contribution is 2.24. The molecule has 3 aromatic rings. The van der Waals surface area contributed by atoms with E-state index in [9.17, 15) is 4.79 Å². The Kier molecular flexibility index (Phi) is 4.41. The normalized spacial score (nSPS) is 18.2. The zero-order chi connectivity index (χ0) is 17.1. The van der Waals surface area contributed by atoms with Crippen LogP contribution in [0.3, 0.4) is 0 Å². The fourth-order valence-corrected chi connectivity index (χ4v) is 3.63. The molecule has 1 amide bonds. The minimum Gasteiger partial charge on any atom is -0.339 e. The van der Waals surface area contributed by atoms with Crippen LogP contribution in [0.25, 0.3) is 5.52 Å². The number of likely N-dealkylation sites (tertiary alicyclic amines) is 1. The van der Waals surface area contributed by atoms with Gasteiger partial charge in [0.2, 0.25) is 0 Å². The van der Waals surface area contributed by atoms with Gasteiger partial charge in [-0.2, -0.15) is 0 Å². The summed E-state index contributed by atoms with van der Waals surface area (Å²) in [5.74, 6) is 0.589. The van der Waals surface area contributed by atoms with Crippen molar-refractivity contribution in [3.8, 4) is 0 Å². The molecule has 1 unspecified atom stereocenters. The summed E-state index contributed by atoms with van der Waals surface area (Å²) in [5.41, 5.74) is 2.90. The molecule has 6 heteroatoms. The van der Waals surface area contributed by atoms with Crippen LogP contribution in [-0.2, 0) is 6.42 Å². The molecular weight excluding hydrogens is 314 g/mol. The fraction of sp³-hybridized carbons (Fsp3) is 0.368. The summed E-state index contributed by atoms with van der Waals surface area (Å²) in [6, 6.07) is 4.17. The van der Waals surface area contributed by atoms with Gasteiger partial charge in [-0.3, -0.25) is 9.78 Å². The molecule has 0 bridgehead atoms. The Labute approximate surface area is 146 Å². The van der Waals surface area contributed by atoms with Crippen molar-refractivity contribution < 1.29 is 4.79 Å². The first-order valence-electron chi connectivity index (χ1n) is 8.76. The molecule has 1 fully saturated rings. The fourth-order valence-electron chi connectivity index (χ4n) is 3.63. The number of hydrogen-bond donors (Lipinski definition) is 0. The van der Waals surface area contributed by atoms with Crippen LogP contribution in [0.15, 0.2) is 49.4 Å². The van der Waals surface area contributed by atoms with Gasteiger partial charge in [-0.1, -0.05) is 0 Å². The molecule has 1 aliphatic heterocycles. The third-order valence-corrected chi connectivity index (χ3v) is 4.96. The number of amides is 1. The van der Waals surface area contributed by atoms with E-state index >= 15 is 0 Å². The molecule has 0 saturated carbocycles. The highest BCUT2D eigenvalue weighted by molar-refractivity contribution is 5.93. The lowest BCUT2D eigenvalue weighted by Gasteiger charge is -2.20. The molecule has 6 nitrogen and oxygen atoms in total. The topological polar surface area (TPSA) is 63.4 Å². The van der Waals surface area contributed by atoms with Crippen LogP contribution < -0.4 is 0 Å². The maximum absolute atomic E-state index is 12.6. The number of carbonyl (C=O) groups excluding carboxylic acids is 1. The van der Waals surface area contributed by atoms with Gasteiger partial charge in [0, 0.05) is 44.1 Å². The van der Waals surface area contributed by atoms with E-state index in [4.69, 9.17) is 0 Å². The molecule has 0 aliphatic carbocycles. The van der Waals surface area contributed by atoms with E-state index in [0.717, 1.165) is 44.5 Å². The monoisotopic (exact) mass is 335 g/mol. The first kappa shape index (κ1) is 15.7. The van der Waals surface area contributed by atoms with Crippen LogP contribution in [0, 0.1) is 5.92 Å². The molecule has 25 heavy (non-hydrogen) atoms. The van der Waals surface area contributed by atoms with Crippen LogP contribution in [0.1, 0.15) is 35.3 Å². The summed E-state index contributed by atoms with van der Waals surface area (Å²) in [6.07, 6.45) is 14.6. The average molecular weight is 335 g/mol. The molecule has 4 rings (SSSR count). The smallest absolute Gasteiger partial charge is 0.256 e. The van der Waals surface area contributed by atoms with Gasteiger partial charge in [-0.05, 0) is 43.7 Å². The van der Waals surface area contributed by atoms with Crippen molar-refractivity contribution in [2.45, 2.75) is 25.7 Å². The summed E-state index contributed by atoms with van der Waals surface area (Å²) in [4.78, 5) is 27.0. The molecular formula is C19H21N5O. The van der Waals surface area contributed by atoms with E-state index in [2.05, 4.69) is 37.7 Å².